The normalized spacial score (nSPS) is 14.0. The summed E-state index contributed by atoms with van der Waals surface area (Å²) in [4.78, 5) is 9.74. The van der Waals surface area contributed by atoms with E-state index in [-0.39, 0.29) is 0 Å². The van der Waals surface area contributed by atoms with Crippen molar-refractivity contribution >= 4 is 16.0 Å². The molecule has 0 unspecified atom stereocenters. The Labute approximate surface area is 118 Å². The van der Waals surface area contributed by atoms with Gasteiger partial charge < -0.3 is 10.2 Å². The Hall–Kier alpha value is -1.65. The van der Waals surface area contributed by atoms with E-state index in [2.05, 4.69) is 0 Å². The van der Waals surface area contributed by atoms with Gasteiger partial charge in [0.1, 0.15) is 0 Å². The lowest BCUT2D eigenvalue weighted by molar-refractivity contribution is -0.146. The van der Waals surface area contributed by atoms with Crippen molar-refractivity contribution in [2.75, 3.05) is 6.54 Å². The van der Waals surface area contributed by atoms with Crippen LogP contribution in [-0.2, 0) is 21.0 Å². The van der Waals surface area contributed by atoms with Crippen molar-refractivity contribution in [3.63, 3.8) is 0 Å². The molecule has 1 aromatic carbocycles. The largest absolute Gasteiger partial charge is 0.479 e. The number of sulfonamides is 1. The zero-order valence-corrected chi connectivity index (χ0v) is 11.5. The molecule has 0 aliphatic rings. The van der Waals surface area contributed by atoms with E-state index in [4.69, 9.17) is 10.2 Å². The van der Waals surface area contributed by atoms with Gasteiger partial charge in [0.2, 0.25) is 10.0 Å². The average Bonchev–Trinajstić information content (AvgIpc) is 2.34. The molecule has 0 fully saturated rings. The summed E-state index contributed by atoms with van der Waals surface area (Å²) in [5, 5.41) is 17.4. The van der Waals surface area contributed by atoms with Crippen molar-refractivity contribution < 1.29 is 36.6 Å². The molecule has 0 saturated carbocycles. The van der Waals surface area contributed by atoms with Crippen LogP contribution in [0.4, 0.5) is 13.2 Å². The standard InChI is InChI=1S/C11H12F3NO5S/c1-6-7(11(12,13)14)3-2-4-9(6)21(19,20)15-5-8(16)10(17)18/h2-4,8,15-16H,5H2,1H3,(H,17,18)/t8-/m0/s1. The smallest absolute Gasteiger partial charge is 0.416 e. The Bertz CT molecular complexity index is 642. The molecule has 0 saturated heterocycles. The molecular weight excluding hydrogens is 315 g/mol. The van der Waals surface area contributed by atoms with E-state index in [9.17, 15) is 26.4 Å². The number of alkyl halides is 3. The second kappa shape index (κ2) is 6.00. The fourth-order valence-electron chi connectivity index (χ4n) is 1.57. The first-order valence-electron chi connectivity index (χ1n) is 5.54. The first-order valence-corrected chi connectivity index (χ1v) is 7.02. The molecule has 3 N–H and O–H groups in total. The predicted molar refractivity (Wildman–Crippen MR) is 65.0 cm³/mol. The maximum atomic E-state index is 12.7. The number of aliphatic carboxylic acids is 1. The minimum Gasteiger partial charge on any atom is -0.479 e. The average molecular weight is 327 g/mol. The number of halogens is 3. The molecule has 0 radical (unpaired) electrons. The number of aliphatic hydroxyl groups excluding tert-OH is 1. The molecule has 0 amide bonds. The van der Waals surface area contributed by atoms with Gasteiger partial charge in [-0.15, -0.1) is 0 Å². The van der Waals surface area contributed by atoms with Gasteiger partial charge in [-0.1, -0.05) is 6.07 Å². The lowest BCUT2D eigenvalue weighted by atomic mass is 10.1. The van der Waals surface area contributed by atoms with E-state index < -0.39 is 50.8 Å². The SMILES string of the molecule is Cc1c(C(F)(F)F)cccc1S(=O)(=O)NC[C@H](O)C(=O)O. The van der Waals surface area contributed by atoms with E-state index in [1.54, 1.807) is 4.72 Å². The number of hydrogen-bond acceptors (Lipinski definition) is 4. The van der Waals surface area contributed by atoms with Crippen molar-refractivity contribution in [1.29, 1.82) is 0 Å². The third-order valence-corrected chi connectivity index (χ3v) is 4.20. The quantitative estimate of drug-likeness (QED) is 0.740. The highest BCUT2D eigenvalue weighted by atomic mass is 32.2. The topological polar surface area (TPSA) is 104 Å². The Balaban J connectivity index is 3.13. The van der Waals surface area contributed by atoms with E-state index in [1.807, 2.05) is 0 Å². The number of benzene rings is 1. The van der Waals surface area contributed by atoms with Gasteiger partial charge in [0.05, 0.1) is 10.5 Å². The molecule has 21 heavy (non-hydrogen) atoms. The summed E-state index contributed by atoms with van der Waals surface area (Å²) in [6.07, 6.45) is -6.71. The van der Waals surface area contributed by atoms with Crippen LogP contribution in [0.15, 0.2) is 23.1 Å². The molecule has 118 valence electrons. The zero-order chi connectivity index (χ0) is 16.4. The van der Waals surface area contributed by atoms with Crippen molar-refractivity contribution in [2.24, 2.45) is 0 Å². The molecule has 0 aliphatic carbocycles. The van der Waals surface area contributed by atoms with E-state index >= 15 is 0 Å². The highest BCUT2D eigenvalue weighted by Gasteiger charge is 2.34. The van der Waals surface area contributed by atoms with Crippen LogP contribution in [0.3, 0.4) is 0 Å². The van der Waals surface area contributed by atoms with E-state index in [0.717, 1.165) is 25.1 Å². The summed E-state index contributed by atoms with van der Waals surface area (Å²) < 4.78 is 63.6. The molecule has 10 heteroatoms. The van der Waals surface area contributed by atoms with Crippen LogP contribution >= 0.6 is 0 Å². The number of carboxylic acids is 1. The van der Waals surface area contributed by atoms with Gasteiger partial charge in [0, 0.05) is 6.54 Å². The molecule has 0 aliphatic heterocycles. The Kier molecular flexibility index (Phi) is 4.97. The first kappa shape index (κ1) is 17.4. The van der Waals surface area contributed by atoms with Crippen molar-refractivity contribution in [1.82, 2.24) is 4.72 Å². The van der Waals surface area contributed by atoms with Gasteiger partial charge in [0.25, 0.3) is 0 Å². The van der Waals surface area contributed by atoms with Crippen LogP contribution in [-0.4, -0.2) is 37.2 Å². The number of nitrogens with one attached hydrogen (secondary N) is 1. The Morgan fingerprint density at radius 1 is 1.38 bits per heavy atom. The second-order valence-corrected chi connectivity index (χ2v) is 5.87. The molecule has 0 heterocycles. The monoisotopic (exact) mass is 327 g/mol. The van der Waals surface area contributed by atoms with Crippen LogP contribution in [0.2, 0.25) is 0 Å². The molecule has 6 nitrogen and oxygen atoms in total. The minimum atomic E-state index is -4.71. The summed E-state index contributed by atoms with van der Waals surface area (Å²) in [6.45, 7) is 0.137. The number of aliphatic hydroxyl groups is 1. The fraction of sp³-hybridized carbons (Fsp3) is 0.364. The summed E-state index contributed by atoms with van der Waals surface area (Å²) in [5.41, 5.74) is -1.62. The summed E-state index contributed by atoms with van der Waals surface area (Å²) in [5.74, 6) is -1.65. The van der Waals surface area contributed by atoms with Crippen molar-refractivity contribution in [3.8, 4) is 0 Å². The van der Waals surface area contributed by atoms with Crippen molar-refractivity contribution in [2.45, 2.75) is 24.1 Å². The highest BCUT2D eigenvalue weighted by molar-refractivity contribution is 7.89. The molecule has 0 bridgehead atoms. The van der Waals surface area contributed by atoms with Crippen LogP contribution in [0.1, 0.15) is 11.1 Å². The molecule has 1 atom stereocenters. The van der Waals surface area contributed by atoms with Gasteiger partial charge in [0.15, 0.2) is 6.10 Å². The lowest BCUT2D eigenvalue weighted by Gasteiger charge is -2.15. The maximum absolute atomic E-state index is 12.7. The first-order chi connectivity index (χ1) is 9.47. The van der Waals surface area contributed by atoms with Crippen LogP contribution in [0, 0.1) is 6.92 Å². The number of carboxylic acid groups (broad SMARTS) is 1. The summed E-state index contributed by atoms with van der Waals surface area (Å²) >= 11 is 0. The summed E-state index contributed by atoms with van der Waals surface area (Å²) in [7, 11) is -4.38. The summed E-state index contributed by atoms with van der Waals surface area (Å²) in [6, 6.07) is 2.62. The van der Waals surface area contributed by atoms with Gasteiger partial charge in [-0.25, -0.2) is 17.9 Å². The molecular formula is C11H12F3NO5S. The molecule has 1 aromatic rings. The third-order valence-electron chi connectivity index (χ3n) is 2.63. The number of carbonyl (C=O) groups is 1. The maximum Gasteiger partial charge on any atom is 0.416 e. The zero-order valence-electron chi connectivity index (χ0n) is 10.7. The third kappa shape index (κ3) is 4.16. The van der Waals surface area contributed by atoms with Gasteiger partial charge in [-0.05, 0) is 24.6 Å². The number of rotatable bonds is 5. The van der Waals surface area contributed by atoms with Crippen LogP contribution in [0.25, 0.3) is 0 Å². The fourth-order valence-corrected chi connectivity index (χ4v) is 2.87. The highest BCUT2D eigenvalue weighted by Crippen LogP contribution is 2.34. The Morgan fingerprint density at radius 3 is 2.43 bits per heavy atom. The second-order valence-electron chi connectivity index (χ2n) is 4.13. The van der Waals surface area contributed by atoms with Crippen molar-refractivity contribution in [3.05, 3.63) is 29.3 Å². The lowest BCUT2D eigenvalue weighted by Crippen LogP contribution is -2.36. The van der Waals surface area contributed by atoms with Gasteiger partial charge in [-0.2, -0.15) is 13.2 Å². The molecule has 1 rings (SSSR count). The predicted octanol–water partition coefficient (Wildman–Crippen LogP) is 0.738. The van der Waals surface area contributed by atoms with Crippen LogP contribution < -0.4 is 4.72 Å². The van der Waals surface area contributed by atoms with Gasteiger partial charge in [-0.3, -0.25) is 0 Å². The van der Waals surface area contributed by atoms with E-state index in [1.165, 1.54) is 0 Å². The van der Waals surface area contributed by atoms with Crippen LogP contribution in [0.5, 0.6) is 0 Å². The Morgan fingerprint density at radius 2 is 1.95 bits per heavy atom. The van der Waals surface area contributed by atoms with E-state index in [0.29, 0.717) is 0 Å². The minimum absolute atomic E-state index is 0.512. The number of hydrogen-bond donors (Lipinski definition) is 3. The molecule has 0 aromatic heterocycles. The molecule has 0 spiro atoms. The van der Waals surface area contributed by atoms with Gasteiger partial charge >= 0.3 is 12.1 Å².